The monoisotopic (exact) mass is 226 g/mol. The molecule has 1 aromatic rings. The van der Waals surface area contributed by atoms with Crippen molar-refractivity contribution in [3.05, 3.63) is 35.9 Å². The van der Waals surface area contributed by atoms with Gasteiger partial charge in [-0.1, -0.05) is 30.3 Å². The van der Waals surface area contributed by atoms with E-state index in [1.54, 1.807) is 6.29 Å². The third-order valence-corrected chi connectivity index (χ3v) is 2.49. The summed E-state index contributed by atoms with van der Waals surface area (Å²) in [5.74, 6) is 0. The van der Waals surface area contributed by atoms with Gasteiger partial charge in [0.2, 0.25) is 16.3 Å². The van der Waals surface area contributed by atoms with E-state index in [9.17, 15) is 13.2 Å². The quantitative estimate of drug-likeness (QED) is 0.783. The van der Waals surface area contributed by atoms with Gasteiger partial charge in [-0.25, -0.2) is 13.1 Å². The van der Waals surface area contributed by atoms with Crippen LogP contribution < -0.4 is 4.72 Å². The Labute approximate surface area is 89.4 Å². The molecule has 1 atom stereocenters. The van der Waals surface area contributed by atoms with Gasteiger partial charge in [0.15, 0.2) is 0 Å². The Hall–Kier alpha value is -1.20. The second kappa shape index (κ2) is 5.04. The number of benzene rings is 1. The van der Waals surface area contributed by atoms with Gasteiger partial charge in [-0.15, -0.1) is 0 Å². The fraction of sp³-hybridized carbons (Fsp3) is 0.300. The molecule has 0 saturated carbocycles. The van der Waals surface area contributed by atoms with Gasteiger partial charge in [-0.3, -0.25) is 4.79 Å². The Morgan fingerprint density at radius 2 is 1.93 bits per heavy atom. The average Bonchev–Trinajstić information content (AvgIpc) is 2.16. The van der Waals surface area contributed by atoms with Crippen LogP contribution in [0, 0.1) is 0 Å². The lowest BCUT2D eigenvalue weighted by molar-refractivity contribution is 0.527. The summed E-state index contributed by atoms with van der Waals surface area (Å²) in [6.07, 6.45) is 3.00. The highest BCUT2D eigenvalue weighted by atomic mass is 32.2. The minimum atomic E-state index is -3.37. The minimum Gasteiger partial charge on any atom is -0.289 e. The van der Waals surface area contributed by atoms with E-state index in [0.717, 1.165) is 11.8 Å². The largest absolute Gasteiger partial charge is 0.289 e. The van der Waals surface area contributed by atoms with Gasteiger partial charge in [-0.05, 0) is 12.0 Å². The van der Waals surface area contributed by atoms with Crippen LogP contribution in [-0.2, 0) is 21.2 Å². The molecule has 15 heavy (non-hydrogen) atoms. The van der Waals surface area contributed by atoms with Crippen LogP contribution in [0.5, 0.6) is 0 Å². The smallest absolute Gasteiger partial charge is 0.218 e. The maximum Gasteiger partial charge on any atom is 0.218 e. The summed E-state index contributed by atoms with van der Waals surface area (Å²) in [6.45, 7) is 0. The van der Waals surface area contributed by atoms with Gasteiger partial charge >= 0.3 is 0 Å². The molecular formula is C10H12NO3S. The van der Waals surface area contributed by atoms with Crippen LogP contribution in [0.2, 0.25) is 0 Å². The standard InChI is InChI=1S/C10H12NO3S/c1-15(13,14)11-10(8-12)7-9-5-3-2-4-6-9/h2-6,10-11H,7H2,1H3/t10-/m1/s1. The first-order valence-corrected chi connectivity index (χ1v) is 6.29. The first kappa shape index (κ1) is 11.9. The summed E-state index contributed by atoms with van der Waals surface area (Å²) in [6, 6.07) is 8.35. The van der Waals surface area contributed by atoms with Crippen LogP contribution in [0.1, 0.15) is 5.56 Å². The molecule has 5 heteroatoms. The zero-order valence-corrected chi connectivity index (χ0v) is 9.12. The molecule has 0 fully saturated rings. The van der Waals surface area contributed by atoms with E-state index in [0.29, 0.717) is 6.42 Å². The number of carbonyl (C=O) groups excluding carboxylic acids is 1. The van der Waals surface area contributed by atoms with Gasteiger partial charge in [0.05, 0.1) is 12.3 Å². The highest BCUT2D eigenvalue weighted by molar-refractivity contribution is 7.88. The zero-order valence-electron chi connectivity index (χ0n) is 8.30. The molecule has 0 aromatic heterocycles. The number of hydrogen-bond donors (Lipinski definition) is 1. The molecule has 0 bridgehead atoms. The molecule has 0 amide bonds. The maximum absolute atomic E-state index is 10.9. The number of rotatable bonds is 5. The number of nitrogens with one attached hydrogen (secondary N) is 1. The molecule has 1 radical (unpaired) electrons. The van der Waals surface area contributed by atoms with Crippen LogP contribution in [0.15, 0.2) is 30.3 Å². The summed E-state index contributed by atoms with van der Waals surface area (Å²) >= 11 is 0. The zero-order chi connectivity index (χ0) is 11.3. The molecule has 1 N–H and O–H groups in total. The van der Waals surface area contributed by atoms with Crippen LogP contribution in [0.3, 0.4) is 0 Å². The van der Waals surface area contributed by atoms with Crippen molar-refractivity contribution in [3.8, 4) is 0 Å². The molecule has 1 aromatic carbocycles. The molecule has 0 aliphatic heterocycles. The van der Waals surface area contributed by atoms with Crippen molar-refractivity contribution in [3.63, 3.8) is 0 Å². The molecule has 1 rings (SSSR count). The lowest BCUT2D eigenvalue weighted by Crippen LogP contribution is -2.36. The van der Waals surface area contributed by atoms with Gasteiger partial charge < -0.3 is 0 Å². The maximum atomic E-state index is 10.9. The average molecular weight is 226 g/mol. The van der Waals surface area contributed by atoms with E-state index in [1.165, 1.54) is 0 Å². The second-order valence-electron chi connectivity index (χ2n) is 3.25. The molecule has 0 heterocycles. The van der Waals surface area contributed by atoms with Crippen molar-refractivity contribution in [2.45, 2.75) is 12.5 Å². The van der Waals surface area contributed by atoms with Crippen LogP contribution in [-0.4, -0.2) is 27.0 Å². The van der Waals surface area contributed by atoms with E-state index >= 15 is 0 Å². The topological polar surface area (TPSA) is 63.2 Å². The van der Waals surface area contributed by atoms with Crippen molar-refractivity contribution in [2.75, 3.05) is 6.26 Å². The number of hydrogen-bond acceptors (Lipinski definition) is 3. The summed E-state index contributed by atoms with van der Waals surface area (Å²) < 4.78 is 24.0. The van der Waals surface area contributed by atoms with Gasteiger partial charge in [0, 0.05) is 0 Å². The highest BCUT2D eigenvalue weighted by Crippen LogP contribution is 2.02. The Balaban J connectivity index is 2.67. The summed E-state index contributed by atoms with van der Waals surface area (Å²) in [4.78, 5) is 10.5. The van der Waals surface area contributed by atoms with E-state index < -0.39 is 16.1 Å². The fourth-order valence-corrected chi connectivity index (χ4v) is 1.86. The first-order chi connectivity index (χ1) is 7.01. The summed E-state index contributed by atoms with van der Waals surface area (Å²) in [5, 5.41) is 0. The van der Waals surface area contributed by atoms with Gasteiger partial charge in [0.25, 0.3) is 0 Å². The SMILES string of the molecule is CS(=O)(=O)N[C@@H]([C]=O)Cc1ccccc1. The Morgan fingerprint density at radius 3 is 2.40 bits per heavy atom. The predicted molar refractivity (Wildman–Crippen MR) is 57.6 cm³/mol. The normalized spacial score (nSPS) is 13.4. The Bertz CT molecular complexity index is 414. The lowest BCUT2D eigenvalue weighted by Gasteiger charge is -2.09. The van der Waals surface area contributed by atoms with Crippen LogP contribution in [0.4, 0.5) is 0 Å². The molecule has 0 unspecified atom stereocenters. The molecule has 0 aliphatic rings. The number of sulfonamides is 1. The summed E-state index contributed by atoms with van der Waals surface area (Å²) in [7, 11) is -3.37. The van der Waals surface area contributed by atoms with Crippen molar-refractivity contribution in [2.24, 2.45) is 0 Å². The van der Waals surface area contributed by atoms with Crippen molar-refractivity contribution < 1.29 is 13.2 Å². The third-order valence-electron chi connectivity index (χ3n) is 1.78. The van der Waals surface area contributed by atoms with Crippen LogP contribution >= 0.6 is 0 Å². The lowest BCUT2D eigenvalue weighted by atomic mass is 10.1. The third kappa shape index (κ3) is 4.71. The van der Waals surface area contributed by atoms with Crippen molar-refractivity contribution >= 4 is 16.3 Å². The first-order valence-electron chi connectivity index (χ1n) is 4.40. The van der Waals surface area contributed by atoms with Crippen molar-refractivity contribution in [1.29, 1.82) is 0 Å². The molecule has 0 aliphatic carbocycles. The Morgan fingerprint density at radius 1 is 1.33 bits per heavy atom. The van der Waals surface area contributed by atoms with E-state index in [1.807, 2.05) is 30.3 Å². The molecular weight excluding hydrogens is 214 g/mol. The van der Waals surface area contributed by atoms with E-state index in [-0.39, 0.29) is 0 Å². The molecule has 81 valence electrons. The van der Waals surface area contributed by atoms with Gasteiger partial charge in [0.1, 0.15) is 0 Å². The van der Waals surface area contributed by atoms with E-state index in [2.05, 4.69) is 4.72 Å². The molecule has 0 spiro atoms. The highest BCUT2D eigenvalue weighted by Gasteiger charge is 2.13. The Kier molecular flexibility index (Phi) is 3.99. The van der Waals surface area contributed by atoms with Crippen molar-refractivity contribution in [1.82, 2.24) is 4.72 Å². The molecule has 4 nitrogen and oxygen atoms in total. The predicted octanol–water partition coefficient (Wildman–Crippen LogP) is 0.257. The fourth-order valence-electron chi connectivity index (χ4n) is 1.22. The van der Waals surface area contributed by atoms with Crippen LogP contribution in [0.25, 0.3) is 0 Å². The van der Waals surface area contributed by atoms with E-state index in [4.69, 9.17) is 0 Å². The van der Waals surface area contributed by atoms with Gasteiger partial charge in [-0.2, -0.15) is 0 Å². The second-order valence-corrected chi connectivity index (χ2v) is 5.03. The minimum absolute atomic E-state index is 0.317. The molecule has 0 saturated heterocycles. The summed E-state index contributed by atoms with van der Waals surface area (Å²) in [5.41, 5.74) is 0.891.